The highest BCUT2D eigenvalue weighted by molar-refractivity contribution is 7.10. The minimum atomic E-state index is -0.349. The van der Waals surface area contributed by atoms with Gasteiger partial charge in [0.15, 0.2) is 0 Å². The Labute approximate surface area is 152 Å². The molecule has 25 heavy (non-hydrogen) atoms. The van der Waals surface area contributed by atoms with E-state index in [-0.39, 0.29) is 24.1 Å². The molecule has 1 aromatic rings. The monoisotopic (exact) mass is 363 g/mol. The zero-order chi connectivity index (χ0) is 18.0. The molecule has 6 nitrogen and oxygen atoms in total. The van der Waals surface area contributed by atoms with Crippen molar-refractivity contribution in [1.29, 1.82) is 0 Å². The number of nitrogens with zero attached hydrogens (tertiary/aromatic N) is 1. The van der Waals surface area contributed by atoms with Gasteiger partial charge in [-0.05, 0) is 43.7 Å². The van der Waals surface area contributed by atoms with Crippen LogP contribution in [0.25, 0.3) is 0 Å². The zero-order valence-electron chi connectivity index (χ0n) is 14.9. The van der Waals surface area contributed by atoms with Crippen molar-refractivity contribution >= 4 is 23.3 Å². The van der Waals surface area contributed by atoms with Crippen molar-refractivity contribution in [2.75, 3.05) is 19.7 Å². The van der Waals surface area contributed by atoms with Gasteiger partial charge < -0.3 is 15.4 Å². The average molecular weight is 363 g/mol. The van der Waals surface area contributed by atoms with E-state index in [1.165, 1.54) is 10.4 Å². The van der Waals surface area contributed by atoms with E-state index in [4.69, 9.17) is 4.74 Å². The molecule has 2 amide bonds. The molecule has 0 saturated carbocycles. The van der Waals surface area contributed by atoms with Gasteiger partial charge in [0.2, 0.25) is 0 Å². The lowest BCUT2D eigenvalue weighted by Gasteiger charge is -2.36. The normalized spacial score (nSPS) is 23.7. The first kappa shape index (κ1) is 17.9. The van der Waals surface area contributed by atoms with Crippen LogP contribution in [-0.2, 0) is 16.0 Å². The molecule has 0 radical (unpaired) electrons. The lowest BCUT2D eigenvalue weighted by atomic mass is 9.97. The first-order valence-corrected chi connectivity index (χ1v) is 9.71. The Kier molecular flexibility index (Phi) is 5.44. The van der Waals surface area contributed by atoms with Crippen LogP contribution in [0, 0.1) is 0 Å². The van der Waals surface area contributed by atoms with Crippen LogP contribution in [0.2, 0.25) is 0 Å². The van der Waals surface area contributed by atoms with Crippen LogP contribution in [0.3, 0.4) is 0 Å². The Morgan fingerprint density at radius 1 is 1.44 bits per heavy atom. The van der Waals surface area contributed by atoms with Crippen molar-refractivity contribution in [3.8, 4) is 0 Å². The van der Waals surface area contributed by atoms with Gasteiger partial charge in [-0.15, -0.1) is 11.3 Å². The van der Waals surface area contributed by atoms with Crippen molar-refractivity contribution in [3.05, 3.63) is 33.2 Å². The number of rotatable bonds is 5. The second-order valence-corrected chi connectivity index (χ2v) is 7.37. The summed E-state index contributed by atoms with van der Waals surface area (Å²) in [6, 6.07) is 1.88. The van der Waals surface area contributed by atoms with E-state index >= 15 is 0 Å². The van der Waals surface area contributed by atoms with Crippen LogP contribution in [0.15, 0.2) is 22.7 Å². The van der Waals surface area contributed by atoms with Crippen LogP contribution in [0.5, 0.6) is 0 Å². The Balaban J connectivity index is 1.88. The number of hydrogen-bond acceptors (Lipinski definition) is 5. The summed E-state index contributed by atoms with van der Waals surface area (Å²) in [5, 5.41) is 7.80. The molecule has 3 rings (SSSR count). The quantitative estimate of drug-likeness (QED) is 0.789. The fraction of sp³-hybridized carbons (Fsp3) is 0.556. The van der Waals surface area contributed by atoms with E-state index in [2.05, 4.69) is 33.9 Å². The maximum atomic E-state index is 12.5. The average Bonchev–Trinajstić information content (AvgIpc) is 3.06. The van der Waals surface area contributed by atoms with Crippen molar-refractivity contribution in [3.63, 3.8) is 0 Å². The summed E-state index contributed by atoms with van der Waals surface area (Å²) in [6.07, 6.45) is 1.65. The molecule has 0 aromatic carbocycles. The standard InChI is InChI=1S/C18H25N3O3S/c1-4-13-16(17(22)24-5-2)14(20-18(23)19-13)10-21-8-6-15-12(11(21)3)7-9-25-15/h7,9,11,13H,4-6,8,10H2,1-3H3,(H2,19,20,23). The summed E-state index contributed by atoms with van der Waals surface area (Å²) < 4.78 is 5.23. The predicted molar refractivity (Wildman–Crippen MR) is 97.4 cm³/mol. The fourth-order valence-electron chi connectivity index (χ4n) is 3.57. The van der Waals surface area contributed by atoms with Gasteiger partial charge in [-0.1, -0.05) is 6.92 Å². The largest absolute Gasteiger partial charge is 0.463 e. The Morgan fingerprint density at radius 2 is 2.24 bits per heavy atom. The van der Waals surface area contributed by atoms with Crippen molar-refractivity contribution < 1.29 is 14.3 Å². The molecule has 2 aliphatic heterocycles. The maximum absolute atomic E-state index is 12.5. The lowest BCUT2D eigenvalue weighted by Crippen LogP contribution is -2.52. The number of thiophene rings is 1. The third kappa shape index (κ3) is 3.57. The van der Waals surface area contributed by atoms with Crippen molar-refractivity contribution in [2.45, 2.75) is 45.7 Å². The highest BCUT2D eigenvalue weighted by Gasteiger charge is 2.34. The molecule has 1 aromatic heterocycles. The molecule has 2 aliphatic rings. The molecule has 0 saturated heterocycles. The van der Waals surface area contributed by atoms with E-state index in [0.717, 1.165) is 13.0 Å². The number of carbonyl (C=O) groups excluding carboxylic acids is 2. The minimum absolute atomic E-state index is 0.254. The number of fused-ring (bicyclic) bond motifs is 1. The number of esters is 1. The van der Waals surface area contributed by atoms with Gasteiger partial charge in [0.1, 0.15) is 0 Å². The van der Waals surface area contributed by atoms with Crippen LogP contribution in [-0.4, -0.2) is 42.6 Å². The predicted octanol–water partition coefficient (Wildman–Crippen LogP) is 2.58. The fourth-order valence-corrected chi connectivity index (χ4v) is 4.53. The van der Waals surface area contributed by atoms with Crippen LogP contribution >= 0.6 is 11.3 Å². The maximum Gasteiger partial charge on any atom is 0.337 e. The molecule has 0 bridgehead atoms. The van der Waals surface area contributed by atoms with Crippen LogP contribution in [0.4, 0.5) is 4.79 Å². The molecular weight excluding hydrogens is 338 g/mol. The van der Waals surface area contributed by atoms with Gasteiger partial charge in [-0.3, -0.25) is 4.90 Å². The van der Waals surface area contributed by atoms with E-state index in [1.54, 1.807) is 18.3 Å². The number of urea groups is 1. The molecular formula is C18H25N3O3S. The molecule has 3 heterocycles. The Bertz CT molecular complexity index is 697. The highest BCUT2D eigenvalue weighted by Crippen LogP contribution is 2.33. The Morgan fingerprint density at radius 3 is 2.96 bits per heavy atom. The smallest absolute Gasteiger partial charge is 0.337 e. The molecule has 0 aliphatic carbocycles. The number of carbonyl (C=O) groups is 2. The second-order valence-electron chi connectivity index (χ2n) is 6.37. The summed E-state index contributed by atoms with van der Waals surface area (Å²) in [5.74, 6) is -0.349. The molecule has 0 fully saturated rings. The summed E-state index contributed by atoms with van der Waals surface area (Å²) in [4.78, 5) is 28.2. The lowest BCUT2D eigenvalue weighted by molar-refractivity contribution is -0.139. The minimum Gasteiger partial charge on any atom is -0.463 e. The van der Waals surface area contributed by atoms with Gasteiger partial charge >= 0.3 is 12.0 Å². The zero-order valence-corrected chi connectivity index (χ0v) is 15.7. The topological polar surface area (TPSA) is 70.7 Å². The molecule has 0 spiro atoms. The van der Waals surface area contributed by atoms with Crippen molar-refractivity contribution in [1.82, 2.24) is 15.5 Å². The third-order valence-corrected chi connectivity index (χ3v) is 5.91. The number of amides is 2. The van der Waals surface area contributed by atoms with Gasteiger partial charge in [-0.2, -0.15) is 0 Å². The summed E-state index contributed by atoms with van der Waals surface area (Å²) in [6.45, 7) is 7.68. The summed E-state index contributed by atoms with van der Waals surface area (Å²) in [7, 11) is 0. The van der Waals surface area contributed by atoms with Gasteiger partial charge in [0, 0.05) is 29.7 Å². The van der Waals surface area contributed by atoms with E-state index < -0.39 is 0 Å². The molecule has 2 unspecified atom stereocenters. The van der Waals surface area contributed by atoms with Crippen molar-refractivity contribution in [2.24, 2.45) is 0 Å². The van der Waals surface area contributed by atoms with E-state index in [1.807, 2.05) is 6.92 Å². The van der Waals surface area contributed by atoms with Gasteiger partial charge in [0.25, 0.3) is 0 Å². The van der Waals surface area contributed by atoms with Crippen LogP contribution < -0.4 is 10.6 Å². The number of nitrogens with one attached hydrogen (secondary N) is 2. The number of ether oxygens (including phenoxy) is 1. The second kappa shape index (κ2) is 7.58. The van der Waals surface area contributed by atoms with Gasteiger partial charge in [-0.25, -0.2) is 9.59 Å². The molecule has 7 heteroatoms. The molecule has 2 N–H and O–H groups in total. The molecule has 136 valence electrons. The Hall–Kier alpha value is -1.86. The van der Waals surface area contributed by atoms with Crippen LogP contribution in [0.1, 0.15) is 43.7 Å². The molecule has 2 atom stereocenters. The SMILES string of the molecule is CCOC(=O)C1=C(CN2CCc3sccc3C2C)NC(=O)NC1CC. The highest BCUT2D eigenvalue weighted by atomic mass is 32.1. The number of hydrogen-bond donors (Lipinski definition) is 2. The van der Waals surface area contributed by atoms with E-state index in [9.17, 15) is 9.59 Å². The first-order valence-electron chi connectivity index (χ1n) is 8.83. The summed E-state index contributed by atoms with van der Waals surface area (Å²) in [5.41, 5.74) is 2.56. The first-order chi connectivity index (χ1) is 12.0. The summed E-state index contributed by atoms with van der Waals surface area (Å²) >= 11 is 1.80. The van der Waals surface area contributed by atoms with E-state index in [0.29, 0.717) is 30.8 Å². The third-order valence-electron chi connectivity index (χ3n) is 4.91. The van der Waals surface area contributed by atoms with Gasteiger partial charge in [0.05, 0.1) is 18.2 Å².